The molecule has 1 heterocycles. The van der Waals surface area contributed by atoms with E-state index < -0.39 is 5.97 Å². The number of hydrogen-bond donors (Lipinski definition) is 1. The van der Waals surface area contributed by atoms with Crippen LogP contribution >= 0.6 is 0 Å². The summed E-state index contributed by atoms with van der Waals surface area (Å²) in [6, 6.07) is 3.69. The van der Waals surface area contributed by atoms with Crippen LogP contribution in [0.1, 0.15) is 67.9 Å². The van der Waals surface area contributed by atoms with E-state index in [0.717, 1.165) is 36.8 Å². The molecule has 114 valence electrons. The van der Waals surface area contributed by atoms with Gasteiger partial charge in [0.05, 0.1) is 11.1 Å². The van der Waals surface area contributed by atoms with Gasteiger partial charge in [-0.3, -0.25) is 0 Å². The minimum Gasteiger partial charge on any atom is -0.478 e. The summed E-state index contributed by atoms with van der Waals surface area (Å²) in [6.45, 7) is 9.48. The second kappa shape index (κ2) is 6.33. The molecule has 21 heavy (non-hydrogen) atoms. The molecule has 0 aliphatic rings. The van der Waals surface area contributed by atoms with Gasteiger partial charge in [-0.2, -0.15) is 0 Å². The average Bonchev–Trinajstić information content (AvgIpc) is 2.81. The van der Waals surface area contributed by atoms with E-state index in [1.54, 1.807) is 0 Å². The molecule has 3 heteroatoms. The van der Waals surface area contributed by atoms with Crippen LogP contribution in [0, 0.1) is 0 Å². The van der Waals surface area contributed by atoms with Crippen molar-refractivity contribution in [3.63, 3.8) is 0 Å². The number of nitrogens with zero attached hydrogens (tertiary/aromatic N) is 1. The van der Waals surface area contributed by atoms with E-state index in [1.165, 1.54) is 11.1 Å². The van der Waals surface area contributed by atoms with Crippen LogP contribution in [0.4, 0.5) is 0 Å². The number of benzene rings is 1. The molecule has 0 spiro atoms. The maximum absolute atomic E-state index is 11.4. The van der Waals surface area contributed by atoms with E-state index in [2.05, 4.69) is 38.5 Å². The normalized spacial score (nSPS) is 11.5. The summed E-state index contributed by atoms with van der Waals surface area (Å²) in [7, 11) is 0. The lowest BCUT2D eigenvalue weighted by Gasteiger charge is -2.12. The number of carbonyl (C=O) groups is 1. The highest BCUT2D eigenvalue weighted by Crippen LogP contribution is 2.32. The molecule has 0 fully saturated rings. The van der Waals surface area contributed by atoms with Gasteiger partial charge in [0, 0.05) is 18.1 Å². The van der Waals surface area contributed by atoms with Crippen molar-refractivity contribution in [2.24, 2.45) is 0 Å². The van der Waals surface area contributed by atoms with Gasteiger partial charge in [-0.1, -0.05) is 27.2 Å². The SMILES string of the molecule is CCCCc1cn(CC)c2c(C(C)C)cc(C(=O)O)cc12. The predicted molar refractivity (Wildman–Crippen MR) is 87.3 cm³/mol. The van der Waals surface area contributed by atoms with Crippen molar-refractivity contribution in [3.05, 3.63) is 35.0 Å². The van der Waals surface area contributed by atoms with Crippen molar-refractivity contribution >= 4 is 16.9 Å². The van der Waals surface area contributed by atoms with Crippen molar-refractivity contribution in [1.29, 1.82) is 0 Å². The molecule has 1 aromatic heterocycles. The van der Waals surface area contributed by atoms with Gasteiger partial charge in [0.25, 0.3) is 0 Å². The number of rotatable bonds is 6. The zero-order valence-corrected chi connectivity index (χ0v) is 13.4. The second-order valence-corrected chi connectivity index (χ2v) is 5.97. The van der Waals surface area contributed by atoms with Crippen LogP contribution in [0.2, 0.25) is 0 Å². The molecular formula is C18H25NO2. The summed E-state index contributed by atoms with van der Waals surface area (Å²) in [4.78, 5) is 11.4. The maximum Gasteiger partial charge on any atom is 0.335 e. The smallest absolute Gasteiger partial charge is 0.335 e. The summed E-state index contributed by atoms with van der Waals surface area (Å²) < 4.78 is 2.27. The van der Waals surface area contributed by atoms with E-state index in [0.29, 0.717) is 11.5 Å². The minimum atomic E-state index is -0.843. The molecule has 0 unspecified atom stereocenters. The number of aryl methyl sites for hydroxylation is 2. The summed E-state index contributed by atoms with van der Waals surface area (Å²) >= 11 is 0. The number of aromatic nitrogens is 1. The van der Waals surface area contributed by atoms with Gasteiger partial charge < -0.3 is 9.67 Å². The Labute approximate surface area is 126 Å². The third-order valence-electron chi connectivity index (χ3n) is 4.09. The first-order valence-corrected chi connectivity index (χ1v) is 7.88. The Morgan fingerprint density at radius 3 is 2.52 bits per heavy atom. The second-order valence-electron chi connectivity index (χ2n) is 5.97. The molecule has 0 saturated carbocycles. The highest BCUT2D eigenvalue weighted by molar-refractivity contribution is 5.97. The predicted octanol–water partition coefficient (Wildman–Crippen LogP) is 4.83. The topological polar surface area (TPSA) is 42.2 Å². The average molecular weight is 287 g/mol. The zero-order chi connectivity index (χ0) is 15.6. The third-order valence-corrected chi connectivity index (χ3v) is 4.09. The molecule has 2 rings (SSSR count). The number of aromatic carboxylic acids is 1. The van der Waals surface area contributed by atoms with Crippen molar-refractivity contribution in [1.82, 2.24) is 4.57 Å². The number of fused-ring (bicyclic) bond motifs is 1. The molecule has 0 amide bonds. The molecular weight excluding hydrogens is 262 g/mol. The molecule has 0 radical (unpaired) electrons. The monoisotopic (exact) mass is 287 g/mol. The number of hydrogen-bond acceptors (Lipinski definition) is 1. The Balaban J connectivity index is 2.74. The first kappa shape index (κ1) is 15.6. The van der Waals surface area contributed by atoms with Crippen LogP contribution in [-0.4, -0.2) is 15.6 Å². The first-order valence-electron chi connectivity index (χ1n) is 7.88. The quantitative estimate of drug-likeness (QED) is 0.827. The Bertz CT molecular complexity index is 653. The fraction of sp³-hybridized carbons (Fsp3) is 0.500. The Kier molecular flexibility index (Phi) is 4.71. The third kappa shape index (κ3) is 2.97. The Morgan fingerprint density at radius 2 is 2.00 bits per heavy atom. The van der Waals surface area contributed by atoms with Crippen LogP contribution in [-0.2, 0) is 13.0 Å². The van der Waals surface area contributed by atoms with E-state index >= 15 is 0 Å². The fourth-order valence-corrected chi connectivity index (χ4v) is 2.92. The fourth-order valence-electron chi connectivity index (χ4n) is 2.92. The van der Waals surface area contributed by atoms with Crippen LogP contribution in [0.3, 0.4) is 0 Å². The van der Waals surface area contributed by atoms with Crippen molar-refractivity contribution in [3.8, 4) is 0 Å². The molecule has 1 aromatic carbocycles. The van der Waals surface area contributed by atoms with Crippen molar-refractivity contribution < 1.29 is 9.90 Å². The lowest BCUT2D eigenvalue weighted by Crippen LogP contribution is -2.02. The van der Waals surface area contributed by atoms with Crippen LogP contribution in [0.15, 0.2) is 18.3 Å². The Morgan fingerprint density at radius 1 is 1.29 bits per heavy atom. The van der Waals surface area contributed by atoms with E-state index in [9.17, 15) is 9.90 Å². The molecule has 0 bridgehead atoms. The summed E-state index contributed by atoms with van der Waals surface area (Å²) in [5, 5.41) is 10.5. The van der Waals surface area contributed by atoms with Gasteiger partial charge in [-0.25, -0.2) is 4.79 Å². The van der Waals surface area contributed by atoms with Gasteiger partial charge in [0.15, 0.2) is 0 Å². The van der Waals surface area contributed by atoms with Gasteiger partial charge >= 0.3 is 5.97 Å². The summed E-state index contributed by atoms with van der Waals surface area (Å²) in [5.74, 6) is -0.532. The number of carboxylic acid groups (broad SMARTS) is 1. The van der Waals surface area contributed by atoms with Gasteiger partial charge in [-0.15, -0.1) is 0 Å². The van der Waals surface area contributed by atoms with Crippen molar-refractivity contribution in [2.45, 2.75) is 59.4 Å². The lowest BCUT2D eigenvalue weighted by molar-refractivity contribution is 0.0697. The molecule has 1 N–H and O–H groups in total. The van der Waals surface area contributed by atoms with Crippen LogP contribution < -0.4 is 0 Å². The van der Waals surface area contributed by atoms with Gasteiger partial charge in [0.2, 0.25) is 0 Å². The molecule has 0 aliphatic carbocycles. The summed E-state index contributed by atoms with van der Waals surface area (Å²) in [5.41, 5.74) is 4.02. The molecule has 0 saturated heterocycles. The molecule has 3 nitrogen and oxygen atoms in total. The Hall–Kier alpha value is -1.77. The first-order chi connectivity index (χ1) is 9.99. The minimum absolute atomic E-state index is 0.311. The standard InChI is InChI=1S/C18H25NO2/c1-5-7-8-13-11-19(6-2)17-15(12(3)4)9-14(18(20)21)10-16(13)17/h9-12H,5-8H2,1-4H3,(H,20,21). The molecule has 2 aromatic rings. The van der Waals surface area contributed by atoms with Gasteiger partial charge in [0.1, 0.15) is 0 Å². The largest absolute Gasteiger partial charge is 0.478 e. The van der Waals surface area contributed by atoms with E-state index in [-0.39, 0.29) is 0 Å². The van der Waals surface area contributed by atoms with Crippen molar-refractivity contribution in [2.75, 3.05) is 0 Å². The molecule has 0 aliphatic heterocycles. The maximum atomic E-state index is 11.4. The number of unbranched alkanes of at least 4 members (excludes halogenated alkanes) is 1. The summed E-state index contributed by atoms with van der Waals surface area (Å²) in [6.07, 6.45) is 5.50. The number of carboxylic acids is 1. The van der Waals surface area contributed by atoms with E-state index in [1.807, 2.05) is 12.1 Å². The van der Waals surface area contributed by atoms with Crippen LogP contribution in [0.25, 0.3) is 10.9 Å². The van der Waals surface area contributed by atoms with Gasteiger partial charge in [-0.05, 0) is 48.9 Å². The van der Waals surface area contributed by atoms with E-state index in [4.69, 9.17) is 0 Å². The lowest BCUT2D eigenvalue weighted by atomic mass is 9.95. The highest BCUT2D eigenvalue weighted by atomic mass is 16.4. The zero-order valence-electron chi connectivity index (χ0n) is 13.4. The van der Waals surface area contributed by atoms with Crippen LogP contribution in [0.5, 0.6) is 0 Å². The molecule has 0 atom stereocenters. The highest BCUT2D eigenvalue weighted by Gasteiger charge is 2.17.